The molecule has 0 aromatic heterocycles. The molecule has 0 fully saturated rings. The van der Waals surface area contributed by atoms with Crippen molar-refractivity contribution in [2.24, 2.45) is 11.8 Å². The Hall–Kier alpha value is -1.61. The van der Waals surface area contributed by atoms with E-state index in [1.165, 1.54) is 23.6 Å². The first kappa shape index (κ1) is 24.4. The van der Waals surface area contributed by atoms with Crippen LogP contribution in [0.25, 0.3) is 0 Å². The lowest BCUT2D eigenvalue weighted by molar-refractivity contribution is -0.149. The predicted molar refractivity (Wildman–Crippen MR) is 117 cm³/mol. The highest BCUT2D eigenvalue weighted by molar-refractivity contribution is 6.43. The first-order valence-electron chi connectivity index (χ1n) is 10.1. The molecule has 1 rings (SSSR count). The van der Waals surface area contributed by atoms with E-state index in [9.17, 15) is 9.59 Å². The molecule has 156 valence electrons. The number of hydrogen-bond donors (Lipinski definition) is 0. The van der Waals surface area contributed by atoms with Crippen LogP contribution in [0.4, 0.5) is 0 Å². The summed E-state index contributed by atoms with van der Waals surface area (Å²) in [5.41, 5.74) is 4.08. The lowest BCUT2D eigenvalue weighted by Gasteiger charge is -2.32. The molecule has 0 saturated heterocycles. The molecule has 3 nitrogen and oxygen atoms in total. The van der Waals surface area contributed by atoms with E-state index in [0.717, 1.165) is 25.7 Å². The lowest BCUT2D eigenvalue weighted by atomic mass is 9.79. The van der Waals surface area contributed by atoms with E-state index < -0.39 is 6.10 Å². The van der Waals surface area contributed by atoms with Crippen LogP contribution in [-0.4, -0.2) is 17.9 Å². The Labute approximate surface area is 175 Å². The van der Waals surface area contributed by atoms with Crippen molar-refractivity contribution in [3.8, 4) is 0 Å². The van der Waals surface area contributed by atoms with Gasteiger partial charge < -0.3 is 4.74 Å². The standard InChI is InChI=1S/C24H35ClO3/c1-16(2)9-7-10-17(3)11-8-12-18(4)13-14-21-19(5)24(27)22(25)15-23(21)28-20(6)26/h9,11,13,15,19,21,23H,7-8,10,12,14H2,1-6H3/b17-11+,18-13+. The summed E-state index contributed by atoms with van der Waals surface area (Å²) in [6.07, 6.45) is 12.8. The van der Waals surface area contributed by atoms with Gasteiger partial charge in [-0.2, -0.15) is 0 Å². The van der Waals surface area contributed by atoms with E-state index >= 15 is 0 Å². The summed E-state index contributed by atoms with van der Waals surface area (Å²) in [5.74, 6) is -0.763. The van der Waals surface area contributed by atoms with Crippen LogP contribution in [0.5, 0.6) is 0 Å². The molecule has 28 heavy (non-hydrogen) atoms. The summed E-state index contributed by atoms with van der Waals surface area (Å²) in [6, 6.07) is 0. The molecule has 0 aromatic carbocycles. The van der Waals surface area contributed by atoms with Crippen LogP contribution in [0, 0.1) is 11.8 Å². The molecule has 0 spiro atoms. The summed E-state index contributed by atoms with van der Waals surface area (Å²) < 4.78 is 5.40. The van der Waals surface area contributed by atoms with E-state index in [2.05, 4.69) is 45.9 Å². The summed E-state index contributed by atoms with van der Waals surface area (Å²) in [5, 5.41) is 0.171. The first-order valence-corrected chi connectivity index (χ1v) is 10.5. The summed E-state index contributed by atoms with van der Waals surface area (Å²) in [7, 11) is 0. The normalized spacial score (nSPS) is 23.3. The van der Waals surface area contributed by atoms with Gasteiger partial charge in [-0.1, -0.05) is 53.5 Å². The van der Waals surface area contributed by atoms with Gasteiger partial charge in [-0.25, -0.2) is 0 Å². The Morgan fingerprint density at radius 3 is 2.18 bits per heavy atom. The monoisotopic (exact) mass is 406 g/mol. The number of carbonyl (C=O) groups is 2. The maximum absolute atomic E-state index is 12.2. The maximum atomic E-state index is 12.2. The second kappa shape index (κ2) is 12.1. The Morgan fingerprint density at radius 1 is 1.04 bits per heavy atom. The molecule has 0 aliphatic heterocycles. The molecule has 3 unspecified atom stereocenters. The number of ketones is 1. The van der Waals surface area contributed by atoms with E-state index in [1.807, 2.05) is 6.92 Å². The zero-order valence-corrected chi connectivity index (χ0v) is 18.9. The minimum Gasteiger partial charge on any atom is -0.458 e. The van der Waals surface area contributed by atoms with Gasteiger partial charge in [0.25, 0.3) is 0 Å². The fourth-order valence-electron chi connectivity index (χ4n) is 3.37. The smallest absolute Gasteiger partial charge is 0.303 e. The quantitative estimate of drug-likeness (QED) is 0.316. The van der Waals surface area contributed by atoms with Gasteiger partial charge >= 0.3 is 5.97 Å². The molecular formula is C24H35ClO3. The van der Waals surface area contributed by atoms with Gasteiger partial charge in [0.15, 0.2) is 5.78 Å². The van der Waals surface area contributed by atoms with E-state index in [1.54, 1.807) is 6.08 Å². The molecule has 4 heteroatoms. The fourth-order valence-corrected chi connectivity index (χ4v) is 3.67. The SMILES string of the molecule is CC(=O)OC1C=C(Cl)C(=O)C(C)C1C/C=C(\C)CC/C=C(\C)CCC=C(C)C. The maximum Gasteiger partial charge on any atom is 0.303 e. The highest BCUT2D eigenvalue weighted by Gasteiger charge is 2.37. The van der Waals surface area contributed by atoms with Gasteiger partial charge in [-0.3, -0.25) is 9.59 Å². The van der Waals surface area contributed by atoms with Crippen LogP contribution in [-0.2, 0) is 14.3 Å². The molecule has 0 radical (unpaired) electrons. The minimum absolute atomic E-state index is 0.0731. The molecule has 0 heterocycles. The topological polar surface area (TPSA) is 43.4 Å². The van der Waals surface area contributed by atoms with Crippen molar-refractivity contribution in [1.29, 1.82) is 0 Å². The average Bonchev–Trinajstić information content (AvgIpc) is 2.58. The zero-order chi connectivity index (χ0) is 21.3. The van der Waals surface area contributed by atoms with E-state index in [4.69, 9.17) is 16.3 Å². The van der Waals surface area contributed by atoms with Gasteiger partial charge in [0, 0.05) is 18.8 Å². The Balaban J connectivity index is 2.63. The number of allylic oxidation sites excluding steroid dienone is 7. The number of carbonyl (C=O) groups excluding carboxylic acids is 2. The molecule has 0 bridgehead atoms. The van der Waals surface area contributed by atoms with Gasteiger partial charge in [-0.15, -0.1) is 0 Å². The van der Waals surface area contributed by atoms with Crippen molar-refractivity contribution in [2.45, 2.75) is 79.8 Å². The molecule has 0 amide bonds. The molecule has 1 aliphatic rings. The number of esters is 1. The average molecular weight is 407 g/mol. The van der Waals surface area contributed by atoms with Crippen molar-refractivity contribution < 1.29 is 14.3 Å². The second-order valence-corrected chi connectivity index (χ2v) is 8.51. The number of ether oxygens (including phenoxy) is 1. The van der Waals surface area contributed by atoms with Crippen LogP contribution >= 0.6 is 11.6 Å². The van der Waals surface area contributed by atoms with Gasteiger partial charge in [-0.05, 0) is 65.9 Å². The van der Waals surface area contributed by atoms with Gasteiger partial charge in [0.2, 0.25) is 0 Å². The van der Waals surface area contributed by atoms with E-state index in [0.29, 0.717) is 6.42 Å². The second-order valence-electron chi connectivity index (χ2n) is 8.10. The van der Waals surface area contributed by atoms with Crippen molar-refractivity contribution in [1.82, 2.24) is 0 Å². The van der Waals surface area contributed by atoms with E-state index in [-0.39, 0.29) is 28.6 Å². The van der Waals surface area contributed by atoms with Crippen molar-refractivity contribution in [2.75, 3.05) is 0 Å². The largest absolute Gasteiger partial charge is 0.458 e. The molecule has 0 saturated carbocycles. The Morgan fingerprint density at radius 2 is 1.61 bits per heavy atom. The third kappa shape index (κ3) is 8.60. The summed E-state index contributed by atoms with van der Waals surface area (Å²) in [4.78, 5) is 23.6. The Bertz CT molecular complexity index is 678. The van der Waals surface area contributed by atoms with Crippen molar-refractivity contribution >= 4 is 23.4 Å². The first-order chi connectivity index (χ1) is 13.1. The predicted octanol–water partition coefficient (Wildman–Crippen LogP) is 6.69. The van der Waals surface area contributed by atoms with Crippen LogP contribution in [0.15, 0.2) is 46.1 Å². The molecule has 0 N–H and O–H groups in total. The zero-order valence-electron chi connectivity index (χ0n) is 18.2. The highest BCUT2D eigenvalue weighted by Crippen LogP contribution is 2.33. The van der Waals surface area contributed by atoms with Gasteiger partial charge in [0.1, 0.15) is 6.10 Å². The summed E-state index contributed by atoms with van der Waals surface area (Å²) >= 11 is 6.01. The lowest BCUT2D eigenvalue weighted by Crippen LogP contribution is -2.37. The third-order valence-corrected chi connectivity index (χ3v) is 5.50. The number of halogens is 1. The molecule has 1 aliphatic carbocycles. The van der Waals surface area contributed by atoms with Crippen molar-refractivity contribution in [3.63, 3.8) is 0 Å². The molecule has 0 aromatic rings. The minimum atomic E-state index is -0.445. The van der Waals surface area contributed by atoms with Crippen LogP contribution < -0.4 is 0 Å². The van der Waals surface area contributed by atoms with Crippen LogP contribution in [0.1, 0.15) is 73.6 Å². The van der Waals surface area contributed by atoms with Gasteiger partial charge in [0.05, 0.1) is 5.03 Å². The number of Topliss-reactive ketones (excluding diaryl/α,β-unsaturated/α-hetero) is 1. The Kier molecular flexibility index (Phi) is 10.5. The van der Waals surface area contributed by atoms with Crippen LogP contribution in [0.2, 0.25) is 0 Å². The fraction of sp³-hybridized carbons (Fsp3) is 0.583. The third-order valence-electron chi connectivity index (χ3n) is 5.19. The molecular weight excluding hydrogens is 372 g/mol. The summed E-state index contributed by atoms with van der Waals surface area (Å²) in [6.45, 7) is 11.8. The number of rotatable bonds is 9. The number of hydrogen-bond acceptors (Lipinski definition) is 3. The molecule has 3 atom stereocenters. The highest BCUT2D eigenvalue weighted by atomic mass is 35.5. The van der Waals surface area contributed by atoms with Crippen LogP contribution in [0.3, 0.4) is 0 Å². The van der Waals surface area contributed by atoms with Crippen molar-refractivity contribution in [3.05, 3.63) is 46.1 Å².